The van der Waals surface area contributed by atoms with E-state index in [9.17, 15) is 0 Å². The van der Waals surface area contributed by atoms with E-state index in [0.717, 1.165) is 6.42 Å². The van der Waals surface area contributed by atoms with E-state index in [-0.39, 0.29) is 0 Å². The average molecular weight is 423 g/mol. The normalized spacial score (nSPS) is 14.9. The van der Waals surface area contributed by atoms with Gasteiger partial charge in [-0.05, 0) is 60.7 Å². The second-order valence-corrected chi connectivity index (χ2v) is 13.1. The van der Waals surface area contributed by atoms with Crippen molar-refractivity contribution in [2.45, 2.75) is 47.5 Å². The SMILES string of the molecule is CCC(C)C1=CCC([Si](c2cccc(C)c2)(c2cccc(C)c2)c2cccc(C)c2)=C1. The number of aryl methyl sites for hydroxylation is 3. The van der Waals surface area contributed by atoms with Gasteiger partial charge in [-0.3, -0.25) is 0 Å². The molecule has 1 aliphatic carbocycles. The first-order valence-corrected chi connectivity index (χ1v) is 13.6. The Labute approximate surface area is 189 Å². The highest BCUT2D eigenvalue weighted by Crippen LogP contribution is 2.31. The van der Waals surface area contributed by atoms with E-state index in [1.807, 2.05) is 0 Å². The highest BCUT2D eigenvalue weighted by molar-refractivity contribution is 7.16. The molecule has 1 atom stereocenters. The highest BCUT2D eigenvalue weighted by atomic mass is 28.3. The molecular weight excluding hydrogens is 388 g/mol. The van der Waals surface area contributed by atoms with Crippen LogP contribution in [0.4, 0.5) is 0 Å². The lowest BCUT2D eigenvalue weighted by Crippen LogP contribution is -2.68. The van der Waals surface area contributed by atoms with Crippen LogP contribution >= 0.6 is 0 Å². The molecule has 0 saturated heterocycles. The van der Waals surface area contributed by atoms with Crippen LogP contribution in [0.5, 0.6) is 0 Å². The van der Waals surface area contributed by atoms with Crippen molar-refractivity contribution >= 4 is 23.6 Å². The molecule has 0 radical (unpaired) electrons. The van der Waals surface area contributed by atoms with Gasteiger partial charge in [-0.2, -0.15) is 0 Å². The Kier molecular flexibility index (Phi) is 6.16. The Morgan fingerprint density at radius 3 is 1.58 bits per heavy atom. The minimum atomic E-state index is -2.38. The van der Waals surface area contributed by atoms with Crippen LogP contribution in [0.3, 0.4) is 0 Å². The monoisotopic (exact) mass is 422 g/mol. The summed E-state index contributed by atoms with van der Waals surface area (Å²) in [6, 6.07) is 27.9. The summed E-state index contributed by atoms with van der Waals surface area (Å²) in [6.45, 7) is 11.3. The number of rotatable bonds is 6. The van der Waals surface area contributed by atoms with Gasteiger partial charge >= 0.3 is 0 Å². The first-order chi connectivity index (χ1) is 14.9. The predicted octanol–water partition coefficient (Wildman–Crippen LogP) is 5.92. The zero-order valence-corrected chi connectivity index (χ0v) is 20.6. The molecule has 1 heteroatoms. The summed E-state index contributed by atoms with van der Waals surface area (Å²) >= 11 is 0. The van der Waals surface area contributed by atoms with Gasteiger partial charge in [0.2, 0.25) is 0 Å². The number of hydrogen-bond acceptors (Lipinski definition) is 0. The van der Waals surface area contributed by atoms with Crippen molar-refractivity contribution in [3.05, 3.63) is 112 Å². The van der Waals surface area contributed by atoms with Gasteiger partial charge in [-0.25, -0.2) is 0 Å². The molecular formula is C30H34Si. The van der Waals surface area contributed by atoms with E-state index in [1.54, 1.807) is 5.20 Å². The molecule has 0 nitrogen and oxygen atoms in total. The Hall–Kier alpha value is -2.64. The van der Waals surface area contributed by atoms with Crippen molar-refractivity contribution in [2.75, 3.05) is 0 Å². The van der Waals surface area contributed by atoms with Gasteiger partial charge in [-0.15, -0.1) is 0 Å². The molecule has 0 spiro atoms. The van der Waals surface area contributed by atoms with Gasteiger partial charge in [0.05, 0.1) is 0 Å². The van der Waals surface area contributed by atoms with E-state index in [2.05, 4.69) is 120 Å². The lowest BCUT2D eigenvalue weighted by atomic mass is 10.0. The third-order valence-electron chi connectivity index (χ3n) is 6.91. The fourth-order valence-electron chi connectivity index (χ4n) is 5.08. The molecule has 0 heterocycles. The van der Waals surface area contributed by atoms with E-state index < -0.39 is 8.07 Å². The molecule has 0 N–H and O–H groups in total. The fourth-order valence-corrected chi connectivity index (χ4v) is 10.4. The summed E-state index contributed by atoms with van der Waals surface area (Å²) in [5.74, 6) is 0.608. The quantitative estimate of drug-likeness (QED) is 0.341. The number of benzene rings is 3. The smallest absolute Gasteiger partial charge is 0.0773 e. The lowest BCUT2D eigenvalue weighted by molar-refractivity contribution is 0.671. The van der Waals surface area contributed by atoms with Gasteiger partial charge in [-0.1, -0.05) is 121 Å². The predicted molar refractivity (Wildman–Crippen MR) is 138 cm³/mol. The summed E-state index contributed by atoms with van der Waals surface area (Å²) in [7, 11) is -2.38. The minimum Gasteiger partial charge on any atom is -0.0773 e. The van der Waals surface area contributed by atoms with Gasteiger partial charge in [0.25, 0.3) is 0 Å². The molecule has 31 heavy (non-hydrogen) atoms. The molecule has 3 aromatic carbocycles. The third-order valence-corrected chi connectivity index (χ3v) is 11.8. The Morgan fingerprint density at radius 2 is 1.19 bits per heavy atom. The topological polar surface area (TPSA) is 0 Å². The van der Waals surface area contributed by atoms with Crippen LogP contribution in [0.25, 0.3) is 0 Å². The summed E-state index contributed by atoms with van der Waals surface area (Å²) < 4.78 is 0. The number of hydrogen-bond donors (Lipinski definition) is 0. The van der Waals surface area contributed by atoms with Crippen molar-refractivity contribution in [2.24, 2.45) is 5.92 Å². The second kappa shape index (κ2) is 8.84. The first kappa shape index (κ1) is 21.6. The van der Waals surface area contributed by atoms with E-state index >= 15 is 0 Å². The van der Waals surface area contributed by atoms with Crippen LogP contribution < -0.4 is 15.6 Å². The average Bonchev–Trinajstić information content (AvgIpc) is 3.24. The molecule has 4 rings (SSSR count). The van der Waals surface area contributed by atoms with Gasteiger partial charge in [0.15, 0.2) is 8.07 Å². The van der Waals surface area contributed by atoms with Crippen LogP contribution in [-0.4, -0.2) is 8.07 Å². The largest absolute Gasteiger partial charge is 0.175 e. The highest BCUT2D eigenvalue weighted by Gasteiger charge is 2.43. The van der Waals surface area contributed by atoms with Gasteiger partial charge < -0.3 is 0 Å². The van der Waals surface area contributed by atoms with Crippen molar-refractivity contribution in [1.82, 2.24) is 0 Å². The molecule has 0 saturated carbocycles. The zero-order valence-electron chi connectivity index (χ0n) is 19.6. The van der Waals surface area contributed by atoms with E-state index in [0.29, 0.717) is 5.92 Å². The van der Waals surface area contributed by atoms with Crippen LogP contribution in [0.1, 0.15) is 43.4 Å². The molecule has 0 aromatic heterocycles. The number of allylic oxidation sites excluding steroid dienone is 4. The molecule has 1 aliphatic rings. The summed E-state index contributed by atoms with van der Waals surface area (Å²) in [5.41, 5.74) is 5.53. The van der Waals surface area contributed by atoms with Gasteiger partial charge in [0, 0.05) is 0 Å². The third kappa shape index (κ3) is 3.99. The maximum Gasteiger partial charge on any atom is 0.175 e. The fraction of sp³-hybridized carbons (Fsp3) is 0.267. The first-order valence-electron chi connectivity index (χ1n) is 11.6. The van der Waals surface area contributed by atoms with Gasteiger partial charge in [0.1, 0.15) is 0 Å². The maximum atomic E-state index is 2.56. The molecule has 3 aromatic rings. The molecule has 158 valence electrons. The molecule has 1 unspecified atom stereocenters. The standard InChI is InChI=1S/C30H34Si/c1-6-25(5)26-16-17-30(21-26)31(27-13-7-10-22(2)18-27,28-14-8-11-23(3)19-28)29-15-9-12-24(4)20-29/h7-16,18-21,25H,6,17H2,1-5H3. The summed E-state index contributed by atoms with van der Waals surface area (Å²) in [6.07, 6.45) is 7.30. The second-order valence-electron chi connectivity index (χ2n) is 9.25. The van der Waals surface area contributed by atoms with Crippen LogP contribution in [-0.2, 0) is 0 Å². The maximum absolute atomic E-state index is 2.56. The summed E-state index contributed by atoms with van der Waals surface area (Å²) in [5, 5.41) is 6.10. The molecule has 0 fully saturated rings. The molecule has 0 bridgehead atoms. The molecule has 0 amide bonds. The van der Waals surface area contributed by atoms with Crippen LogP contribution in [0.15, 0.2) is 95.7 Å². The lowest BCUT2D eigenvalue weighted by Gasteiger charge is -2.36. The van der Waals surface area contributed by atoms with E-state index in [1.165, 1.54) is 44.2 Å². The van der Waals surface area contributed by atoms with Crippen molar-refractivity contribution in [3.63, 3.8) is 0 Å². The van der Waals surface area contributed by atoms with Crippen LogP contribution in [0.2, 0.25) is 0 Å². The Balaban J connectivity index is 2.08. The van der Waals surface area contributed by atoms with Crippen LogP contribution in [0, 0.1) is 26.7 Å². The zero-order chi connectivity index (χ0) is 22.0. The Bertz CT molecular complexity index is 1040. The minimum absolute atomic E-state index is 0.608. The van der Waals surface area contributed by atoms with Crippen molar-refractivity contribution < 1.29 is 0 Å². The van der Waals surface area contributed by atoms with E-state index in [4.69, 9.17) is 0 Å². The Morgan fingerprint density at radius 1 is 0.742 bits per heavy atom. The summed E-state index contributed by atoms with van der Waals surface area (Å²) in [4.78, 5) is 0. The van der Waals surface area contributed by atoms with Crippen molar-refractivity contribution in [3.8, 4) is 0 Å². The van der Waals surface area contributed by atoms with Crippen molar-refractivity contribution in [1.29, 1.82) is 0 Å². The molecule has 0 aliphatic heterocycles.